The fourth-order valence-corrected chi connectivity index (χ4v) is 3.48. The number of aliphatic hydroxyl groups excluding tert-OH is 2. The van der Waals surface area contributed by atoms with Crippen molar-refractivity contribution in [2.45, 2.75) is 19.1 Å². The molecule has 1 fully saturated rings. The minimum Gasteiger partial charge on any atom is -0.507 e. The van der Waals surface area contributed by atoms with Crippen molar-refractivity contribution in [1.82, 2.24) is 4.90 Å². The Balaban J connectivity index is 2.27. The summed E-state index contributed by atoms with van der Waals surface area (Å²) < 4.78 is 10.7. The Morgan fingerprint density at radius 1 is 1.10 bits per heavy atom. The van der Waals surface area contributed by atoms with Crippen molar-refractivity contribution in [3.63, 3.8) is 0 Å². The van der Waals surface area contributed by atoms with Gasteiger partial charge in [-0.2, -0.15) is 0 Å². The molecule has 2 aromatic rings. The molecule has 0 aliphatic carbocycles. The fourth-order valence-electron chi connectivity index (χ4n) is 3.48. The maximum atomic E-state index is 12.9. The summed E-state index contributed by atoms with van der Waals surface area (Å²) in [7, 11) is 2.98. The van der Waals surface area contributed by atoms with E-state index in [1.165, 1.54) is 26.0 Å². The molecule has 0 spiro atoms. The third-order valence-corrected chi connectivity index (χ3v) is 4.78. The zero-order chi connectivity index (χ0) is 21.1. The van der Waals surface area contributed by atoms with Crippen LogP contribution in [0.1, 0.15) is 24.1 Å². The number of likely N-dealkylation sites (tertiary alicyclic amines) is 1. The number of carbonyl (C=O) groups excluding carboxylic acids is 2. The van der Waals surface area contributed by atoms with Crippen molar-refractivity contribution in [2.75, 3.05) is 20.8 Å². The van der Waals surface area contributed by atoms with Crippen LogP contribution in [-0.4, -0.2) is 53.7 Å². The number of rotatable bonds is 6. The highest BCUT2D eigenvalue weighted by Crippen LogP contribution is 2.43. The zero-order valence-corrected chi connectivity index (χ0v) is 16.5. The van der Waals surface area contributed by atoms with Gasteiger partial charge in [-0.3, -0.25) is 9.59 Å². The molecule has 7 heteroatoms. The molecule has 1 amide bonds. The molecule has 1 saturated heterocycles. The predicted molar refractivity (Wildman–Crippen MR) is 107 cm³/mol. The SMILES string of the molecule is COc1ccc(OC)c([C@@H]2C(=C(O)c3ccccc3)C(=O)C(=O)N2C[C@@H](C)O)c1. The highest BCUT2D eigenvalue weighted by molar-refractivity contribution is 6.46. The van der Waals surface area contributed by atoms with Crippen molar-refractivity contribution >= 4 is 17.4 Å². The molecule has 2 atom stereocenters. The van der Waals surface area contributed by atoms with E-state index in [1.54, 1.807) is 48.5 Å². The van der Waals surface area contributed by atoms with Gasteiger partial charge < -0.3 is 24.6 Å². The summed E-state index contributed by atoms with van der Waals surface area (Å²) in [5.74, 6) is -0.970. The second-order valence-corrected chi connectivity index (χ2v) is 6.77. The molecule has 0 bridgehead atoms. The molecule has 2 N–H and O–H groups in total. The van der Waals surface area contributed by atoms with Gasteiger partial charge in [0.15, 0.2) is 0 Å². The number of nitrogens with zero attached hydrogens (tertiary/aromatic N) is 1. The minimum atomic E-state index is -0.935. The van der Waals surface area contributed by atoms with Gasteiger partial charge in [0.05, 0.1) is 31.9 Å². The monoisotopic (exact) mass is 397 g/mol. The van der Waals surface area contributed by atoms with Crippen LogP contribution in [0.3, 0.4) is 0 Å². The maximum absolute atomic E-state index is 12.9. The lowest BCUT2D eigenvalue weighted by Crippen LogP contribution is -2.35. The molecular weight excluding hydrogens is 374 g/mol. The highest BCUT2D eigenvalue weighted by atomic mass is 16.5. The standard InChI is InChI=1S/C22H23NO6/c1-13(24)12-23-19(16-11-15(28-2)9-10-17(16)29-3)18(21(26)22(23)27)20(25)14-7-5-4-6-8-14/h4-11,13,19,24-25H,12H2,1-3H3/t13-,19-/m1/s1. The Hall–Kier alpha value is -3.32. The Morgan fingerprint density at radius 2 is 1.79 bits per heavy atom. The number of methoxy groups -OCH3 is 2. The molecule has 3 rings (SSSR count). The van der Waals surface area contributed by atoms with E-state index in [0.29, 0.717) is 22.6 Å². The van der Waals surface area contributed by atoms with Crippen molar-refractivity contribution in [2.24, 2.45) is 0 Å². The maximum Gasteiger partial charge on any atom is 0.295 e. The van der Waals surface area contributed by atoms with Crippen LogP contribution < -0.4 is 9.47 Å². The van der Waals surface area contributed by atoms with Crippen molar-refractivity contribution < 1.29 is 29.3 Å². The van der Waals surface area contributed by atoms with E-state index in [0.717, 1.165) is 0 Å². The van der Waals surface area contributed by atoms with E-state index in [4.69, 9.17) is 9.47 Å². The summed E-state index contributed by atoms with van der Waals surface area (Å²) in [6, 6.07) is 12.6. The average Bonchev–Trinajstić information content (AvgIpc) is 2.97. The molecule has 0 saturated carbocycles. The average molecular weight is 397 g/mol. The largest absolute Gasteiger partial charge is 0.507 e. The number of ether oxygens (including phenoxy) is 2. The Morgan fingerprint density at radius 3 is 2.38 bits per heavy atom. The van der Waals surface area contributed by atoms with Crippen LogP contribution in [0, 0.1) is 0 Å². The number of ketones is 1. The Kier molecular flexibility index (Phi) is 5.89. The second kappa shape index (κ2) is 8.36. The fraction of sp³-hybridized carbons (Fsp3) is 0.273. The van der Waals surface area contributed by atoms with Crippen LogP contribution in [0.4, 0.5) is 0 Å². The lowest BCUT2D eigenvalue weighted by atomic mass is 9.94. The van der Waals surface area contributed by atoms with Gasteiger partial charge in [-0.1, -0.05) is 30.3 Å². The Bertz CT molecular complexity index is 951. The van der Waals surface area contributed by atoms with Crippen LogP contribution in [0.25, 0.3) is 5.76 Å². The van der Waals surface area contributed by atoms with Crippen LogP contribution in [-0.2, 0) is 9.59 Å². The van der Waals surface area contributed by atoms with Gasteiger partial charge in [0, 0.05) is 17.7 Å². The van der Waals surface area contributed by atoms with Gasteiger partial charge in [-0.05, 0) is 25.1 Å². The lowest BCUT2D eigenvalue weighted by Gasteiger charge is -2.27. The number of benzene rings is 2. The van der Waals surface area contributed by atoms with Gasteiger partial charge >= 0.3 is 0 Å². The van der Waals surface area contributed by atoms with E-state index in [9.17, 15) is 19.8 Å². The highest BCUT2D eigenvalue weighted by Gasteiger charge is 2.47. The summed E-state index contributed by atoms with van der Waals surface area (Å²) in [6.07, 6.45) is -0.871. The van der Waals surface area contributed by atoms with Crippen molar-refractivity contribution in [3.8, 4) is 11.5 Å². The summed E-state index contributed by atoms with van der Waals surface area (Å²) in [5, 5.41) is 20.8. The van der Waals surface area contributed by atoms with Crippen molar-refractivity contribution in [3.05, 3.63) is 65.2 Å². The minimum absolute atomic E-state index is 0.0617. The molecule has 1 aliphatic rings. The first-order valence-electron chi connectivity index (χ1n) is 9.12. The van der Waals surface area contributed by atoms with Gasteiger partial charge in [0.25, 0.3) is 11.7 Å². The normalized spacial score (nSPS) is 19.3. The van der Waals surface area contributed by atoms with Gasteiger partial charge in [0.1, 0.15) is 17.3 Å². The first kappa shape index (κ1) is 20.4. The number of Topliss-reactive ketones (excluding diaryl/α,β-unsaturated/α-hetero) is 1. The van der Waals surface area contributed by atoms with Crippen LogP contribution in [0.15, 0.2) is 54.1 Å². The summed E-state index contributed by atoms with van der Waals surface area (Å²) >= 11 is 0. The lowest BCUT2D eigenvalue weighted by molar-refractivity contribution is -0.140. The van der Waals surface area contributed by atoms with Crippen LogP contribution in [0.2, 0.25) is 0 Å². The molecule has 152 valence electrons. The number of β-amino-alcohol motifs (C(OH)–C–C–N with tert-alkyl or cyclic N) is 1. The molecule has 0 unspecified atom stereocenters. The number of hydrogen-bond acceptors (Lipinski definition) is 6. The van der Waals surface area contributed by atoms with Gasteiger partial charge in [0.2, 0.25) is 0 Å². The molecule has 1 heterocycles. The second-order valence-electron chi connectivity index (χ2n) is 6.77. The Labute approximate surface area is 168 Å². The van der Waals surface area contributed by atoms with Crippen LogP contribution >= 0.6 is 0 Å². The number of amides is 1. The molecule has 0 radical (unpaired) electrons. The molecular formula is C22H23NO6. The zero-order valence-electron chi connectivity index (χ0n) is 16.5. The van der Waals surface area contributed by atoms with E-state index in [2.05, 4.69) is 0 Å². The summed E-state index contributed by atoms with van der Waals surface area (Å²) in [4.78, 5) is 26.9. The first-order chi connectivity index (χ1) is 13.9. The molecule has 1 aliphatic heterocycles. The third-order valence-electron chi connectivity index (χ3n) is 4.78. The van der Waals surface area contributed by atoms with E-state index >= 15 is 0 Å². The number of aliphatic hydroxyl groups is 2. The summed E-state index contributed by atoms with van der Waals surface area (Å²) in [5.41, 5.74) is 0.826. The van der Waals surface area contributed by atoms with Gasteiger partial charge in [-0.15, -0.1) is 0 Å². The van der Waals surface area contributed by atoms with E-state index in [1.807, 2.05) is 0 Å². The molecule has 0 aromatic heterocycles. The smallest absolute Gasteiger partial charge is 0.295 e. The summed E-state index contributed by atoms with van der Waals surface area (Å²) in [6.45, 7) is 1.44. The van der Waals surface area contributed by atoms with Crippen LogP contribution in [0.5, 0.6) is 11.5 Å². The van der Waals surface area contributed by atoms with Gasteiger partial charge in [-0.25, -0.2) is 0 Å². The number of hydrogen-bond donors (Lipinski definition) is 2. The number of carbonyl (C=O) groups is 2. The topological polar surface area (TPSA) is 96.3 Å². The third kappa shape index (κ3) is 3.82. The molecule has 29 heavy (non-hydrogen) atoms. The molecule has 7 nitrogen and oxygen atoms in total. The molecule has 2 aromatic carbocycles. The predicted octanol–water partition coefficient (Wildman–Crippen LogP) is 2.51. The van der Waals surface area contributed by atoms with E-state index < -0.39 is 23.8 Å². The van der Waals surface area contributed by atoms with Crippen molar-refractivity contribution in [1.29, 1.82) is 0 Å². The first-order valence-corrected chi connectivity index (χ1v) is 9.12. The quantitative estimate of drug-likeness (QED) is 0.442. The van der Waals surface area contributed by atoms with E-state index in [-0.39, 0.29) is 17.9 Å².